The first-order chi connectivity index (χ1) is 9.70. The van der Waals surface area contributed by atoms with Gasteiger partial charge in [0.15, 0.2) is 0 Å². The normalized spacial score (nSPS) is 18.9. The summed E-state index contributed by atoms with van der Waals surface area (Å²) in [5.74, 6) is 0. The zero-order chi connectivity index (χ0) is 14.1. The quantitative estimate of drug-likeness (QED) is 0.635. The van der Waals surface area contributed by atoms with E-state index in [9.17, 15) is 0 Å². The average molecular weight is 262 g/mol. The van der Waals surface area contributed by atoms with Crippen LogP contribution in [0.4, 0.5) is 0 Å². The molecule has 0 N–H and O–H groups in total. The van der Waals surface area contributed by atoms with Crippen molar-refractivity contribution in [1.29, 1.82) is 0 Å². The minimum atomic E-state index is 1.16. The Labute approximate surface area is 122 Å². The Kier molecular flexibility index (Phi) is 3.48. The van der Waals surface area contributed by atoms with Gasteiger partial charge in [0.25, 0.3) is 0 Å². The molecule has 2 aliphatic rings. The van der Waals surface area contributed by atoms with Gasteiger partial charge in [-0.15, -0.1) is 0 Å². The van der Waals surface area contributed by atoms with Crippen molar-refractivity contribution >= 4 is 5.57 Å². The summed E-state index contributed by atoms with van der Waals surface area (Å²) >= 11 is 0. The van der Waals surface area contributed by atoms with Gasteiger partial charge in [-0.1, -0.05) is 59.2 Å². The Morgan fingerprint density at radius 3 is 2.55 bits per heavy atom. The van der Waals surface area contributed by atoms with E-state index < -0.39 is 0 Å². The molecule has 2 aliphatic carbocycles. The molecule has 0 heteroatoms. The van der Waals surface area contributed by atoms with E-state index >= 15 is 0 Å². The summed E-state index contributed by atoms with van der Waals surface area (Å²) in [6, 6.07) is 8.90. The van der Waals surface area contributed by atoms with Crippen molar-refractivity contribution in [3.63, 3.8) is 0 Å². The Morgan fingerprint density at radius 1 is 1.10 bits per heavy atom. The second-order valence-corrected chi connectivity index (χ2v) is 5.86. The largest absolute Gasteiger partial charge is 0.0836 e. The minimum absolute atomic E-state index is 1.16. The maximum Gasteiger partial charge on any atom is -0.00924 e. The fourth-order valence-electron chi connectivity index (χ4n) is 3.36. The zero-order valence-corrected chi connectivity index (χ0v) is 12.7. The van der Waals surface area contributed by atoms with Crippen LogP contribution in [0, 0.1) is 6.92 Å². The molecule has 0 unspecified atom stereocenters. The predicted octanol–water partition coefficient (Wildman–Crippen LogP) is 5.77. The topological polar surface area (TPSA) is 0 Å². The van der Waals surface area contributed by atoms with Gasteiger partial charge in [0.1, 0.15) is 0 Å². The maximum atomic E-state index is 2.34. The molecule has 0 heterocycles. The summed E-state index contributed by atoms with van der Waals surface area (Å²) in [7, 11) is 0. The van der Waals surface area contributed by atoms with Gasteiger partial charge in [-0.25, -0.2) is 0 Å². The molecule has 0 spiro atoms. The van der Waals surface area contributed by atoms with Crippen molar-refractivity contribution in [3.8, 4) is 0 Å². The van der Waals surface area contributed by atoms with Crippen LogP contribution in [-0.2, 0) is 0 Å². The van der Waals surface area contributed by atoms with E-state index in [2.05, 4.69) is 63.3 Å². The van der Waals surface area contributed by atoms with Crippen LogP contribution in [-0.4, -0.2) is 0 Å². The summed E-state index contributed by atoms with van der Waals surface area (Å²) in [6.07, 6.45) is 10.5. The van der Waals surface area contributed by atoms with Crippen molar-refractivity contribution < 1.29 is 0 Å². The van der Waals surface area contributed by atoms with Crippen LogP contribution in [0.3, 0.4) is 0 Å². The number of hydrogen-bond acceptors (Lipinski definition) is 0. The molecule has 0 amide bonds. The lowest BCUT2D eigenvalue weighted by Crippen LogP contribution is -1.95. The number of allylic oxidation sites excluding steroid dienone is 8. The Balaban J connectivity index is 2.06. The molecule has 0 bridgehead atoms. The molecular weight excluding hydrogens is 240 g/mol. The lowest BCUT2D eigenvalue weighted by Gasteiger charge is -2.15. The summed E-state index contributed by atoms with van der Waals surface area (Å²) < 4.78 is 0. The van der Waals surface area contributed by atoms with Gasteiger partial charge < -0.3 is 0 Å². The lowest BCUT2D eigenvalue weighted by atomic mass is 9.89. The molecule has 0 saturated carbocycles. The molecular formula is C20H22. The summed E-state index contributed by atoms with van der Waals surface area (Å²) in [5, 5.41) is 0. The van der Waals surface area contributed by atoms with Crippen LogP contribution in [0.25, 0.3) is 5.57 Å². The van der Waals surface area contributed by atoms with Crippen LogP contribution >= 0.6 is 0 Å². The summed E-state index contributed by atoms with van der Waals surface area (Å²) in [4.78, 5) is 0. The summed E-state index contributed by atoms with van der Waals surface area (Å²) in [6.45, 7) is 6.59. The van der Waals surface area contributed by atoms with Crippen molar-refractivity contribution in [2.45, 2.75) is 40.0 Å². The van der Waals surface area contributed by atoms with E-state index in [1.54, 1.807) is 5.57 Å². The highest BCUT2D eigenvalue weighted by atomic mass is 14.3. The molecule has 1 aromatic carbocycles. The van der Waals surface area contributed by atoms with E-state index in [4.69, 9.17) is 0 Å². The highest BCUT2D eigenvalue weighted by Gasteiger charge is 2.24. The molecule has 0 nitrogen and oxygen atoms in total. The van der Waals surface area contributed by atoms with E-state index in [0.29, 0.717) is 0 Å². The van der Waals surface area contributed by atoms with Crippen LogP contribution in [0.5, 0.6) is 0 Å². The van der Waals surface area contributed by atoms with Gasteiger partial charge in [-0.2, -0.15) is 0 Å². The lowest BCUT2D eigenvalue weighted by molar-refractivity contribution is 0.913. The third-order valence-electron chi connectivity index (χ3n) is 4.37. The Hall–Kier alpha value is -1.82. The molecule has 0 aliphatic heterocycles. The highest BCUT2D eigenvalue weighted by molar-refractivity contribution is 5.87. The molecule has 3 rings (SSSR count). The smallest absolute Gasteiger partial charge is 0.00924 e. The standard InChI is InChI=1S/C20H22/c1-4-18(16-11-9-14(2)10-12-16)20-15(3)13-17-7-5-6-8-19(17)20/h4,6,8-12H,5,7,13H2,1-3H3/b18-4-. The number of benzene rings is 1. The van der Waals surface area contributed by atoms with E-state index in [0.717, 1.165) is 6.42 Å². The van der Waals surface area contributed by atoms with E-state index in [1.807, 2.05) is 0 Å². The van der Waals surface area contributed by atoms with E-state index in [-0.39, 0.29) is 0 Å². The van der Waals surface area contributed by atoms with Crippen LogP contribution in [0.15, 0.2) is 64.8 Å². The number of aryl methyl sites for hydroxylation is 1. The fraction of sp³-hybridized carbons (Fsp3) is 0.300. The first-order valence-corrected chi connectivity index (χ1v) is 7.53. The zero-order valence-electron chi connectivity index (χ0n) is 12.7. The van der Waals surface area contributed by atoms with Crippen molar-refractivity contribution in [2.24, 2.45) is 0 Å². The molecule has 0 aromatic heterocycles. The van der Waals surface area contributed by atoms with Crippen LogP contribution in [0.1, 0.15) is 44.2 Å². The first kappa shape index (κ1) is 13.2. The predicted molar refractivity (Wildman–Crippen MR) is 87.5 cm³/mol. The molecule has 102 valence electrons. The van der Waals surface area contributed by atoms with Gasteiger partial charge in [-0.3, -0.25) is 0 Å². The molecule has 0 saturated heterocycles. The second kappa shape index (κ2) is 5.28. The Morgan fingerprint density at radius 2 is 1.85 bits per heavy atom. The fourth-order valence-corrected chi connectivity index (χ4v) is 3.36. The second-order valence-electron chi connectivity index (χ2n) is 5.86. The average Bonchev–Trinajstić information content (AvgIpc) is 2.79. The number of hydrogen-bond donors (Lipinski definition) is 0. The molecule has 0 radical (unpaired) electrons. The van der Waals surface area contributed by atoms with Gasteiger partial charge in [0.2, 0.25) is 0 Å². The van der Waals surface area contributed by atoms with Gasteiger partial charge >= 0.3 is 0 Å². The van der Waals surface area contributed by atoms with Gasteiger partial charge in [0.05, 0.1) is 0 Å². The van der Waals surface area contributed by atoms with Crippen LogP contribution in [0.2, 0.25) is 0 Å². The maximum absolute atomic E-state index is 2.34. The Bertz CT molecular complexity index is 646. The van der Waals surface area contributed by atoms with Crippen molar-refractivity contribution in [3.05, 3.63) is 75.9 Å². The molecule has 0 fully saturated rings. The minimum Gasteiger partial charge on any atom is -0.0836 e. The van der Waals surface area contributed by atoms with E-state index in [1.165, 1.54) is 46.3 Å². The highest BCUT2D eigenvalue weighted by Crippen LogP contribution is 2.43. The first-order valence-electron chi connectivity index (χ1n) is 7.53. The van der Waals surface area contributed by atoms with Crippen molar-refractivity contribution in [1.82, 2.24) is 0 Å². The number of rotatable bonds is 2. The van der Waals surface area contributed by atoms with Crippen molar-refractivity contribution in [2.75, 3.05) is 0 Å². The third kappa shape index (κ3) is 2.20. The molecule has 20 heavy (non-hydrogen) atoms. The third-order valence-corrected chi connectivity index (χ3v) is 4.37. The van der Waals surface area contributed by atoms with Gasteiger partial charge in [-0.05, 0) is 62.3 Å². The monoisotopic (exact) mass is 262 g/mol. The SMILES string of the molecule is C/C=C(\C1=C(C)CC2=C1C=CCC2)c1ccc(C)cc1. The van der Waals surface area contributed by atoms with Gasteiger partial charge in [0, 0.05) is 0 Å². The summed E-state index contributed by atoms with van der Waals surface area (Å²) in [5.41, 5.74) is 10.2. The van der Waals surface area contributed by atoms with Crippen LogP contribution < -0.4 is 0 Å². The molecule has 1 aromatic rings. The molecule has 0 atom stereocenters.